The molecule has 164 valence electrons. The Balaban J connectivity index is 1.57. The molecule has 2 heterocycles. The van der Waals surface area contributed by atoms with Gasteiger partial charge in [-0.2, -0.15) is 10.1 Å². The second kappa shape index (κ2) is 9.09. The zero-order valence-electron chi connectivity index (χ0n) is 18.7. The van der Waals surface area contributed by atoms with Crippen molar-refractivity contribution in [1.82, 2.24) is 14.8 Å². The van der Waals surface area contributed by atoms with Crippen LogP contribution < -0.4 is 14.8 Å². The predicted octanol–water partition coefficient (Wildman–Crippen LogP) is 4.63. The Kier molecular flexibility index (Phi) is 6.07. The van der Waals surface area contributed by atoms with Crippen LogP contribution in [-0.2, 0) is 11.2 Å². The highest BCUT2D eigenvalue weighted by molar-refractivity contribution is 5.92. The summed E-state index contributed by atoms with van der Waals surface area (Å²) in [6, 6.07) is 17.1. The van der Waals surface area contributed by atoms with E-state index in [1.54, 1.807) is 31.4 Å². The SMILES string of the molecule is CCc1cc(OCC(=O)Nc2ccc(OC)cc2)nc2c1c(C)nn2-c1ccc(C)cc1. The molecule has 0 fully saturated rings. The third kappa shape index (κ3) is 4.42. The lowest BCUT2D eigenvalue weighted by Crippen LogP contribution is -2.20. The second-order valence-corrected chi connectivity index (χ2v) is 7.57. The lowest BCUT2D eigenvalue weighted by molar-refractivity contribution is -0.118. The molecule has 0 aliphatic carbocycles. The zero-order chi connectivity index (χ0) is 22.7. The fourth-order valence-corrected chi connectivity index (χ4v) is 3.58. The van der Waals surface area contributed by atoms with Crippen LogP contribution in [0.1, 0.15) is 23.7 Å². The quantitative estimate of drug-likeness (QED) is 0.463. The first-order chi connectivity index (χ1) is 15.5. The third-order valence-electron chi connectivity index (χ3n) is 5.26. The Bertz CT molecular complexity index is 1250. The van der Waals surface area contributed by atoms with E-state index in [1.165, 1.54) is 5.56 Å². The van der Waals surface area contributed by atoms with Gasteiger partial charge in [-0.25, -0.2) is 4.68 Å². The topological polar surface area (TPSA) is 78.3 Å². The molecule has 0 aliphatic heterocycles. The van der Waals surface area contributed by atoms with Crippen LogP contribution >= 0.6 is 0 Å². The van der Waals surface area contributed by atoms with Crippen molar-refractivity contribution in [3.05, 3.63) is 71.4 Å². The summed E-state index contributed by atoms with van der Waals surface area (Å²) in [5, 5.41) is 8.54. The summed E-state index contributed by atoms with van der Waals surface area (Å²) in [6.45, 7) is 5.96. The first kappa shape index (κ1) is 21.4. The Morgan fingerprint density at radius 1 is 1.06 bits per heavy atom. The van der Waals surface area contributed by atoms with Gasteiger partial charge < -0.3 is 14.8 Å². The van der Waals surface area contributed by atoms with Crippen LogP contribution in [0.4, 0.5) is 5.69 Å². The first-order valence-electron chi connectivity index (χ1n) is 10.5. The Hall–Kier alpha value is -3.87. The minimum Gasteiger partial charge on any atom is -0.497 e. The molecule has 2 aromatic carbocycles. The molecule has 4 rings (SSSR count). The molecule has 0 spiro atoms. The van der Waals surface area contributed by atoms with Gasteiger partial charge in [0.1, 0.15) is 5.75 Å². The van der Waals surface area contributed by atoms with E-state index < -0.39 is 0 Å². The molecule has 0 radical (unpaired) electrons. The number of anilines is 1. The van der Waals surface area contributed by atoms with Crippen molar-refractivity contribution in [3.63, 3.8) is 0 Å². The molecule has 0 bridgehead atoms. The lowest BCUT2D eigenvalue weighted by atomic mass is 10.1. The molecule has 1 amide bonds. The van der Waals surface area contributed by atoms with Crippen molar-refractivity contribution in [2.75, 3.05) is 19.0 Å². The molecule has 2 aromatic heterocycles. The van der Waals surface area contributed by atoms with Gasteiger partial charge in [-0.15, -0.1) is 0 Å². The molecule has 7 heteroatoms. The van der Waals surface area contributed by atoms with E-state index in [9.17, 15) is 4.79 Å². The minimum atomic E-state index is -0.265. The number of benzene rings is 2. The summed E-state index contributed by atoms with van der Waals surface area (Å²) in [4.78, 5) is 17.1. The van der Waals surface area contributed by atoms with Crippen molar-refractivity contribution in [3.8, 4) is 17.3 Å². The van der Waals surface area contributed by atoms with Crippen LogP contribution in [0.25, 0.3) is 16.7 Å². The number of ether oxygens (including phenoxy) is 2. The number of aryl methyl sites for hydroxylation is 3. The molecule has 4 aromatic rings. The summed E-state index contributed by atoms with van der Waals surface area (Å²) >= 11 is 0. The highest BCUT2D eigenvalue weighted by Gasteiger charge is 2.16. The fraction of sp³-hybridized carbons (Fsp3) is 0.240. The second-order valence-electron chi connectivity index (χ2n) is 7.57. The number of aromatic nitrogens is 3. The Morgan fingerprint density at radius 2 is 1.78 bits per heavy atom. The largest absolute Gasteiger partial charge is 0.497 e. The average molecular weight is 431 g/mol. The van der Waals surface area contributed by atoms with Gasteiger partial charge in [0.15, 0.2) is 12.3 Å². The van der Waals surface area contributed by atoms with Crippen LogP contribution in [-0.4, -0.2) is 34.4 Å². The van der Waals surface area contributed by atoms with Crippen molar-refractivity contribution in [2.24, 2.45) is 0 Å². The number of fused-ring (bicyclic) bond motifs is 1. The van der Waals surface area contributed by atoms with Crippen LogP contribution in [0.5, 0.6) is 11.6 Å². The molecule has 0 saturated carbocycles. The van der Waals surface area contributed by atoms with Gasteiger partial charge in [0.05, 0.1) is 18.5 Å². The summed E-state index contributed by atoms with van der Waals surface area (Å²) in [5.74, 6) is 0.857. The molecular formula is C25H26N4O3. The minimum absolute atomic E-state index is 0.147. The standard InChI is InChI=1S/C25H26N4O3/c1-5-18-14-23(32-15-22(30)26-19-8-12-21(31-4)13-9-19)27-25-24(18)17(3)28-29(25)20-10-6-16(2)7-11-20/h6-14H,5,15H2,1-4H3,(H,26,30). The van der Waals surface area contributed by atoms with Gasteiger partial charge in [0.25, 0.3) is 5.91 Å². The highest BCUT2D eigenvalue weighted by Crippen LogP contribution is 2.28. The van der Waals surface area contributed by atoms with E-state index in [4.69, 9.17) is 14.6 Å². The Labute approximate surface area is 187 Å². The van der Waals surface area contributed by atoms with Gasteiger partial charge >= 0.3 is 0 Å². The van der Waals surface area contributed by atoms with Crippen molar-refractivity contribution in [1.29, 1.82) is 0 Å². The number of pyridine rings is 1. The highest BCUT2D eigenvalue weighted by atomic mass is 16.5. The number of rotatable bonds is 7. The van der Waals surface area contributed by atoms with Crippen molar-refractivity contribution in [2.45, 2.75) is 27.2 Å². The third-order valence-corrected chi connectivity index (χ3v) is 5.26. The number of carbonyl (C=O) groups excluding carboxylic acids is 1. The molecule has 0 unspecified atom stereocenters. The van der Waals surface area contributed by atoms with E-state index >= 15 is 0 Å². The molecule has 7 nitrogen and oxygen atoms in total. The number of methoxy groups -OCH3 is 1. The van der Waals surface area contributed by atoms with E-state index in [0.29, 0.717) is 11.6 Å². The van der Waals surface area contributed by atoms with Crippen LogP contribution in [0.3, 0.4) is 0 Å². The first-order valence-corrected chi connectivity index (χ1v) is 10.5. The van der Waals surface area contributed by atoms with Gasteiger partial charge in [-0.1, -0.05) is 24.6 Å². The number of hydrogen-bond acceptors (Lipinski definition) is 5. The molecule has 1 N–H and O–H groups in total. The monoisotopic (exact) mass is 430 g/mol. The number of nitrogens with one attached hydrogen (secondary N) is 1. The number of nitrogens with zero attached hydrogens (tertiary/aromatic N) is 3. The van der Waals surface area contributed by atoms with Gasteiger partial charge in [0.2, 0.25) is 5.88 Å². The van der Waals surface area contributed by atoms with Crippen LogP contribution in [0, 0.1) is 13.8 Å². The number of hydrogen-bond donors (Lipinski definition) is 1. The molecule has 0 aliphatic rings. The number of carbonyl (C=O) groups is 1. The van der Waals surface area contributed by atoms with Gasteiger partial charge in [-0.05, 0) is 62.2 Å². The maximum absolute atomic E-state index is 12.4. The molecule has 0 atom stereocenters. The normalized spacial score (nSPS) is 10.9. The number of amides is 1. The van der Waals surface area contributed by atoms with Gasteiger partial charge in [0, 0.05) is 17.1 Å². The smallest absolute Gasteiger partial charge is 0.262 e. The fourth-order valence-electron chi connectivity index (χ4n) is 3.58. The van der Waals surface area contributed by atoms with E-state index in [0.717, 1.165) is 40.1 Å². The summed E-state index contributed by atoms with van der Waals surface area (Å²) < 4.78 is 12.7. The molecular weight excluding hydrogens is 404 g/mol. The van der Waals surface area contributed by atoms with Crippen molar-refractivity contribution >= 4 is 22.6 Å². The lowest BCUT2D eigenvalue weighted by Gasteiger charge is -2.10. The average Bonchev–Trinajstić information content (AvgIpc) is 3.14. The summed E-state index contributed by atoms with van der Waals surface area (Å²) in [7, 11) is 1.60. The zero-order valence-corrected chi connectivity index (χ0v) is 18.7. The predicted molar refractivity (Wildman–Crippen MR) is 125 cm³/mol. The summed E-state index contributed by atoms with van der Waals surface area (Å²) in [6.07, 6.45) is 0.799. The molecule has 0 saturated heterocycles. The van der Waals surface area contributed by atoms with Gasteiger partial charge in [-0.3, -0.25) is 4.79 Å². The van der Waals surface area contributed by atoms with Crippen molar-refractivity contribution < 1.29 is 14.3 Å². The molecule has 32 heavy (non-hydrogen) atoms. The Morgan fingerprint density at radius 3 is 2.44 bits per heavy atom. The summed E-state index contributed by atoms with van der Waals surface area (Å²) in [5.41, 5.74) is 5.49. The van der Waals surface area contributed by atoms with E-state index in [1.807, 2.05) is 48.9 Å². The van der Waals surface area contributed by atoms with Crippen LogP contribution in [0.15, 0.2) is 54.6 Å². The van der Waals surface area contributed by atoms with E-state index in [2.05, 4.69) is 17.2 Å². The van der Waals surface area contributed by atoms with Crippen LogP contribution in [0.2, 0.25) is 0 Å². The maximum atomic E-state index is 12.4. The maximum Gasteiger partial charge on any atom is 0.262 e. The van der Waals surface area contributed by atoms with E-state index in [-0.39, 0.29) is 12.5 Å².